The van der Waals surface area contributed by atoms with Gasteiger partial charge in [-0.05, 0) is 23.8 Å². The van der Waals surface area contributed by atoms with E-state index in [1.807, 2.05) is 30.3 Å². The summed E-state index contributed by atoms with van der Waals surface area (Å²) in [6.07, 6.45) is 1.57. The third-order valence-electron chi connectivity index (χ3n) is 2.29. The van der Waals surface area contributed by atoms with E-state index < -0.39 is 0 Å². The fourth-order valence-corrected chi connectivity index (χ4v) is 1.49. The highest BCUT2D eigenvalue weighted by Gasteiger charge is 2.07. The molecule has 1 N–H and O–H groups in total. The molecule has 2 aromatic rings. The van der Waals surface area contributed by atoms with E-state index in [2.05, 4.69) is 0 Å². The fourth-order valence-electron chi connectivity index (χ4n) is 1.49. The second-order valence-electron chi connectivity index (χ2n) is 3.14. The van der Waals surface area contributed by atoms with E-state index in [0.717, 1.165) is 16.9 Å². The molecule has 15 heavy (non-hydrogen) atoms. The lowest BCUT2D eigenvalue weighted by Crippen LogP contribution is -1.85. The predicted molar refractivity (Wildman–Crippen MR) is 56.6 cm³/mol. The number of methoxy groups -OCH3 is 1. The number of rotatable bonds is 3. The number of hydrogen-bond donors (Lipinski definition) is 1. The summed E-state index contributed by atoms with van der Waals surface area (Å²) >= 11 is 0. The van der Waals surface area contributed by atoms with Crippen LogP contribution >= 0.6 is 0 Å². The van der Waals surface area contributed by atoms with Gasteiger partial charge in [-0.25, -0.2) is 0 Å². The molecule has 3 heteroatoms. The predicted octanol–water partition coefficient (Wildman–Crippen LogP) is 2.45. The highest BCUT2D eigenvalue weighted by molar-refractivity contribution is 5.65. The van der Waals surface area contributed by atoms with Crippen LogP contribution in [0, 0.1) is 0 Å². The zero-order valence-electron chi connectivity index (χ0n) is 8.43. The Labute approximate surface area is 87.9 Å². The van der Waals surface area contributed by atoms with Crippen LogP contribution in [0.2, 0.25) is 0 Å². The van der Waals surface area contributed by atoms with Crippen molar-refractivity contribution in [1.29, 1.82) is 0 Å². The Morgan fingerprint density at radius 1 is 1.20 bits per heavy atom. The van der Waals surface area contributed by atoms with Gasteiger partial charge in [-0.3, -0.25) is 0 Å². The zero-order chi connectivity index (χ0) is 10.7. The molecule has 1 aromatic carbocycles. The zero-order valence-corrected chi connectivity index (χ0v) is 8.43. The van der Waals surface area contributed by atoms with Gasteiger partial charge in [-0.2, -0.15) is 0 Å². The minimum absolute atomic E-state index is 0.0889. The van der Waals surface area contributed by atoms with Gasteiger partial charge in [0.15, 0.2) is 0 Å². The van der Waals surface area contributed by atoms with Crippen molar-refractivity contribution in [3.05, 3.63) is 42.4 Å². The third-order valence-corrected chi connectivity index (χ3v) is 2.29. The van der Waals surface area contributed by atoms with Crippen LogP contribution in [-0.4, -0.2) is 12.2 Å². The minimum Gasteiger partial charge on any atom is -0.497 e. The summed E-state index contributed by atoms with van der Waals surface area (Å²) in [5.74, 6) is 1.40. The molecule has 0 atom stereocenters. The van der Waals surface area contributed by atoms with Crippen LogP contribution in [0.15, 0.2) is 41.0 Å². The van der Waals surface area contributed by atoms with Crippen molar-refractivity contribution in [2.75, 3.05) is 7.11 Å². The van der Waals surface area contributed by atoms with Crippen molar-refractivity contribution < 1.29 is 14.3 Å². The molecule has 0 fully saturated rings. The molecule has 0 radical (unpaired) electrons. The van der Waals surface area contributed by atoms with Gasteiger partial charge in [-0.1, -0.05) is 12.1 Å². The smallest absolute Gasteiger partial charge is 0.136 e. The lowest BCUT2D eigenvalue weighted by Gasteiger charge is -2.02. The second kappa shape index (κ2) is 4.19. The summed E-state index contributed by atoms with van der Waals surface area (Å²) in [5.41, 5.74) is 1.92. The Hall–Kier alpha value is -1.74. The molecule has 0 aliphatic carbocycles. The van der Waals surface area contributed by atoms with Gasteiger partial charge in [0.1, 0.15) is 18.1 Å². The van der Waals surface area contributed by atoms with Crippen LogP contribution < -0.4 is 4.74 Å². The molecule has 1 aromatic heterocycles. The quantitative estimate of drug-likeness (QED) is 0.835. The van der Waals surface area contributed by atoms with Crippen LogP contribution in [0.4, 0.5) is 0 Å². The Bertz CT molecular complexity index is 428. The lowest BCUT2D eigenvalue weighted by atomic mass is 10.1. The first-order valence-corrected chi connectivity index (χ1v) is 4.67. The van der Waals surface area contributed by atoms with E-state index in [9.17, 15) is 0 Å². The van der Waals surface area contributed by atoms with Crippen molar-refractivity contribution in [2.24, 2.45) is 0 Å². The first-order chi connectivity index (χ1) is 7.35. The maximum atomic E-state index is 9.05. The maximum Gasteiger partial charge on any atom is 0.136 e. The van der Waals surface area contributed by atoms with Gasteiger partial charge < -0.3 is 14.3 Å². The van der Waals surface area contributed by atoms with E-state index in [1.54, 1.807) is 13.4 Å². The highest BCUT2D eigenvalue weighted by Crippen LogP contribution is 2.26. The summed E-state index contributed by atoms with van der Waals surface area (Å²) in [4.78, 5) is 0. The molecule has 0 unspecified atom stereocenters. The molecule has 0 bridgehead atoms. The average molecular weight is 204 g/mol. The summed E-state index contributed by atoms with van der Waals surface area (Å²) in [5, 5.41) is 9.05. The number of furan rings is 1. The van der Waals surface area contributed by atoms with E-state index in [4.69, 9.17) is 14.3 Å². The van der Waals surface area contributed by atoms with E-state index in [-0.39, 0.29) is 6.61 Å². The van der Waals surface area contributed by atoms with Crippen LogP contribution in [0.5, 0.6) is 5.75 Å². The van der Waals surface area contributed by atoms with E-state index in [1.165, 1.54) is 0 Å². The third kappa shape index (κ3) is 1.87. The van der Waals surface area contributed by atoms with Gasteiger partial charge >= 0.3 is 0 Å². The van der Waals surface area contributed by atoms with Crippen molar-refractivity contribution in [1.82, 2.24) is 0 Å². The van der Waals surface area contributed by atoms with E-state index in [0.29, 0.717) is 5.76 Å². The lowest BCUT2D eigenvalue weighted by molar-refractivity contribution is 0.248. The van der Waals surface area contributed by atoms with Crippen molar-refractivity contribution in [2.45, 2.75) is 6.61 Å². The summed E-state index contributed by atoms with van der Waals surface area (Å²) in [7, 11) is 1.63. The highest BCUT2D eigenvalue weighted by atomic mass is 16.5. The molecule has 0 saturated carbocycles. The van der Waals surface area contributed by atoms with Crippen LogP contribution in [0.1, 0.15) is 5.76 Å². The normalized spacial score (nSPS) is 10.3. The number of benzene rings is 1. The molecule has 0 spiro atoms. The van der Waals surface area contributed by atoms with Crippen molar-refractivity contribution in [3.63, 3.8) is 0 Å². The van der Waals surface area contributed by atoms with Crippen LogP contribution in [-0.2, 0) is 6.61 Å². The topological polar surface area (TPSA) is 42.6 Å². The van der Waals surface area contributed by atoms with Gasteiger partial charge in [0.25, 0.3) is 0 Å². The van der Waals surface area contributed by atoms with Gasteiger partial charge in [0, 0.05) is 5.56 Å². The van der Waals surface area contributed by atoms with E-state index >= 15 is 0 Å². The number of aliphatic hydroxyl groups is 1. The molecule has 78 valence electrons. The first kappa shape index (κ1) is 9.80. The molecule has 2 rings (SSSR count). The SMILES string of the molecule is COc1ccc(-c2ccoc2CO)cc1. The maximum absolute atomic E-state index is 9.05. The van der Waals surface area contributed by atoms with Gasteiger partial charge in [-0.15, -0.1) is 0 Å². The molecular formula is C12H12O3. The minimum atomic E-state index is -0.0889. The first-order valence-electron chi connectivity index (χ1n) is 4.67. The summed E-state index contributed by atoms with van der Waals surface area (Å²) < 4.78 is 10.2. The second-order valence-corrected chi connectivity index (χ2v) is 3.14. The summed E-state index contributed by atoms with van der Waals surface area (Å²) in [6, 6.07) is 9.46. The Morgan fingerprint density at radius 3 is 2.53 bits per heavy atom. The number of hydrogen-bond acceptors (Lipinski definition) is 3. The van der Waals surface area contributed by atoms with Crippen LogP contribution in [0.3, 0.4) is 0 Å². The molecule has 0 aliphatic rings. The Morgan fingerprint density at radius 2 is 1.93 bits per heavy atom. The molecular weight excluding hydrogens is 192 g/mol. The molecule has 1 heterocycles. The molecule has 0 aliphatic heterocycles. The van der Waals surface area contributed by atoms with Crippen molar-refractivity contribution in [3.8, 4) is 16.9 Å². The van der Waals surface area contributed by atoms with Gasteiger partial charge in [0.2, 0.25) is 0 Å². The Balaban J connectivity index is 2.37. The van der Waals surface area contributed by atoms with Gasteiger partial charge in [0.05, 0.1) is 13.4 Å². The molecule has 0 amide bonds. The summed E-state index contributed by atoms with van der Waals surface area (Å²) in [6.45, 7) is -0.0889. The average Bonchev–Trinajstić information content (AvgIpc) is 2.77. The monoisotopic (exact) mass is 204 g/mol. The molecule has 3 nitrogen and oxygen atoms in total. The standard InChI is InChI=1S/C12H12O3/c1-14-10-4-2-9(3-5-10)11-6-7-15-12(11)8-13/h2-7,13H,8H2,1H3. The fraction of sp³-hybridized carbons (Fsp3) is 0.167. The number of ether oxygens (including phenoxy) is 1. The largest absolute Gasteiger partial charge is 0.497 e. The number of aliphatic hydroxyl groups excluding tert-OH is 1. The van der Waals surface area contributed by atoms with Crippen LogP contribution in [0.25, 0.3) is 11.1 Å². The molecule has 0 saturated heterocycles. The Kier molecular flexibility index (Phi) is 2.74. The van der Waals surface area contributed by atoms with Crippen molar-refractivity contribution >= 4 is 0 Å².